The van der Waals surface area contributed by atoms with E-state index in [0.717, 1.165) is 11.3 Å². The van der Waals surface area contributed by atoms with Crippen molar-refractivity contribution in [1.82, 2.24) is 5.32 Å². The molecule has 5 nitrogen and oxygen atoms in total. The van der Waals surface area contributed by atoms with Crippen LogP contribution in [0.2, 0.25) is 0 Å². The highest BCUT2D eigenvalue weighted by atomic mass is 16.5. The van der Waals surface area contributed by atoms with Crippen LogP contribution in [-0.4, -0.2) is 19.7 Å². The lowest BCUT2D eigenvalue weighted by Crippen LogP contribution is -2.24. The van der Waals surface area contributed by atoms with Crippen LogP contribution in [-0.2, 0) is 11.3 Å². The van der Waals surface area contributed by atoms with Gasteiger partial charge in [0.15, 0.2) is 0 Å². The summed E-state index contributed by atoms with van der Waals surface area (Å²) in [7, 11) is 1.58. The molecule has 0 saturated heterocycles. The van der Waals surface area contributed by atoms with Gasteiger partial charge in [-0.1, -0.05) is 12.1 Å². The largest absolute Gasteiger partial charge is 0.497 e. The van der Waals surface area contributed by atoms with E-state index in [2.05, 4.69) is 5.32 Å². The first-order valence-corrected chi connectivity index (χ1v) is 5.16. The number of nitrogens with one attached hydrogen (secondary N) is 1. The zero-order valence-electron chi connectivity index (χ0n) is 9.60. The van der Waals surface area contributed by atoms with Gasteiger partial charge in [-0.25, -0.2) is 4.79 Å². The van der Waals surface area contributed by atoms with Gasteiger partial charge in [0, 0.05) is 6.54 Å². The number of nitrogens with zero attached hydrogens (tertiary/aromatic N) is 1. The first kappa shape index (κ1) is 12.8. The summed E-state index contributed by atoms with van der Waals surface area (Å²) in [6.07, 6.45) is -0.253. The molecule has 0 bridgehead atoms. The molecule has 1 aromatic carbocycles. The molecule has 0 heterocycles. The van der Waals surface area contributed by atoms with Crippen LogP contribution in [0.4, 0.5) is 4.79 Å². The average Bonchev–Trinajstić information content (AvgIpc) is 2.37. The minimum Gasteiger partial charge on any atom is -0.497 e. The van der Waals surface area contributed by atoms with Crippen LogP contribution in [0, 0.1) is 11.3 Å². The van der Waals surface area contributed by atoms with Gasteiger partial charge in [0.2, 0.25) is 0 Å². The Kier molecular flexibility index (Phi) is 5.38. The topological polar surface area (TPSA) is 71.3 Å². The number of nitriles is 1. The van der Waals surface area contributed by atoms with Crippen molar-refractivity contribution in [3.8, 4) is 11.8 Å². The number of carbonyl (C=O) groups is 1. The van der Waals surface area contributed by atoms with E-state index in [9.17, 15) is 4.79 Å². The third kappa shape index (κ3) is 4.89. The van der Waals surface area contributed by atoms with Crippen molar-refractivity contribution in [1.29, 1.82) is 5.26 Å². The fraction of sp³-hybridized carbons (Fsp3) is 0.333. The van der Waals surface area contributed by atoms with E-state index in [-0.39, 0.29) is 13.0 Å². The predicted molar refractivity (Wildman–Crippen MR) is 61.4 cm³/mol. The Morgan fingerprint density at radius 3 is 3.06 bits per heavy atom. The van der Waals surface area contributed by atoms with Crippen molar-refractivity contribution in [3.05, 3.63) is 29.8 Å². The predicted octanol–water partition coefficient (Wildman–Crippen LogP) is 1.84. The molecule has 90 valence electrons. The van der Waals surface area contributed by atoms with Gasteiger partial charge in [0.05, 0.1) is 19.6 Å². The molecule has 0 aliphatic rings. The summed E-state index contributed by atoms with van der Waals surface area (Å²) in [5.74, 6) is 0.719. The van der Waals surface area contributed by atoms with Crippen LogP contribution in [0.15, 0.2) is 24.3 Å². The molecule has 1 N–H and O–H groups in total. The highest BCUT2D eigenvalue weighted by Gasteiger charge is 2.02. The maximum absolute atomic E-state index is 11.2. The molecular weight excluding hydrogens is 220 g/mol. The van der Waals surface area contributed by atoms with Gasteiger partial charge < -0.3 is 14.8 Å². The van der Waals surface area contributed by atoms with Gasteiger partial charge >= 0.3 is 6.09 Å². The van der Waals surface area contributed by atoms with Crippen LogP contribution in [0.5, 0.6) is 5.75 Å². The Labute approximate surface area is 100.0 Å². The average molecular weight is 234 g/mol. The van der Waals surface area contributed by atoms with E-state index in [0.29, 0.717) is 6.54 Å². The van der Waals surface area contributed by atoms with E-state index in [1.165, 1.54) is 0 Å². The fourth-order valence-corrected chi connectivity index (χ4v) is 1.18. The molecule has 0 aromatic heterocycles. The maximum atomic E-state index is 11.2. The molecule has 0 unspecified atom stereocenters. The van der Waals surface area contributed by atoms with Crippen molar-refractivity contribution in [2.45, 2.75) is 13.0 Å². The van der Waals surface area contributed by atoms with Crippen LogP contribution >= 0.6 is 0 Å². The highest BCUT2D eigenvalue weighted by Crippen LogP contribution is 2.13. The fourth-order valence-electron chi connectivity index (χ4n) is 1.18. The van der Waals surface area contributed by atoms with Crippen LogP contribution in [0.25, 0.3) is 0 Å². The molecule has 0 aliphatic heterocycles. The van der Waals surface area contributed by atoms with E-state index in [1.807, 2.05) is 24.3 Å². The van der Waals surface area contributed by atoms with Crippen molar-refractivity contribution >= 4 is 6.09 Å². The van der Waals surface area contributed by atoms with Crippen molar-refractivity contribution < 1.29 is 14.3 Å². The maximum Gasteiger partial charge on any atom is 0.407 e. The number of alkyl carbamates (subject to hydrolysis) is 1. The molecule has 0 saturated carbocycles. The number of methoxy groups -OCH3 is 1. The number of amides is 1. The number of hydrogen-bond acceptors (Lipinski definition) is 4. The Morgan fingerprint density at radius 1 is 1.53 bits per heavy atom. The molecular formula is C12H14N2O3. The summed E-state index contributed by atoms with van der Waals surface area (Å²) in [6.45, 7) is 0.475. The number of rotatable bonds is 5. The highest BCUT2D eigenvalue weighted by molar-refractivity contribution is 5.67. The van der Waals surface area contributed by atoms with Gasteiger partial charge in [0.1, 0.15) is 12.4 Å². The van der Waals surface area contributed by atoms with Gasteiger partial charge in [-0.05, 0) is 17.7 Å². The zero-order chi connectivity index (χ0) is 12.5. The van der Waals surface area contributed by atoms with Crippen LogP contribution < -0.4 is 10.1 Å². The number of carbonyl (C=O) groups excluding carboxylic acids is 1. The lowest BCUT2D eigenvalue weighted by atomic mass is 10.2. The molecule has 0 aliphatic carbocycles. The summed E-state index contributed by atoms with van der Waals surface area (Å²) >= 11 is 0. The minimum absolute atomic E-state index is 0.176. The van der Waals surface area contributed by atoms with Gasteiger partial charge in [-0.15, -0.1) is 0 Å². The molecule has 1 amide bonds. The molecule has 0 atom stereocenters. The van der Waals surface area contributed by atoms with Crippen LogP contribution in [0.3, 0.4) is 0 Å². The zero-order valence-corrected chi connectivity index (χ0v) is 9.60. The smallest absolute Gasteiger partial charge is 0.407 e. The normalized spacial score (nSPS) is 9.18. The first-order chi connectivity index (χ1) is 8.26. The van der Waals surface area contributed by atoms with E-state index < -0.39 is 6.09 Å². The van der Waals surface area contributed by atoms with Crippen molar-refractivity contribution in [3.63, 3.8) is 0 Å². The third-order valence-electron chi connectivity index (χ3n) is 2.01. The molecule has 1 rings (SSSR count). The van der Waals surface area contributed by atoms with Crippen LogP contribution in [0.1, 0.15) is 12.0 Å². The number of hydrogen-bond donors (Lipinski definition) is 1. The monoisotopic (exact) mass is 234 g/mol. The molecule has 5 heteroatoms. The van der Waals surface area contributed by atoms with Gasteiger partial charge in [-0.3, -0.25) is 0 Å². The van der Waals surface area contributed by atoms with Crippen molar-refractivity contribution in [2.75, 3.05) is 13.7 Å². The Hall–Kier alpha value is -2.22. The lowest BCUT2D eigenvalue weighted by molar-refractivity contribution is 0.140. The van der Waals surface area contributed by atoms with E-state index >= 15 is 0 Å². The summed E-state index contributed by atoms with van der Waals surface area (Å²) in [5, 5.41) is 10.8. The quantitative estimate of drug-likeness (QED) is 0.789. The summed E-state index contributed by atoms with van der Waals surface area (Å²) in [4.78, 5) is 11.2. The second-order valence-corrected chi connectivity index (χ2v) is 3.26. The Bertz CT molecular complexity index is 412. The molecule has 0 spiro atoms. The first-order valence-electron chi connectivity index (χ1n) is 5.16. The molecule has 0 radical (unpaired) electrons. The summed E-state index contributed by atoms with van der Waals surface area (Å²) in [5.41, 5.74) is 0.847. The van der Waals surface area contributed by atoms with Gasteiger partial charge in [0.25, 0.3) is 0 Å². The lowest BCUT2D eigenvalue weighted by Gasteiger charge is -2.06. The summed E-state index contributed by atoms with van der Waals surface area (Å²) < 4.78 is 10.0. The summed E-state index contributed by atoms with van der Waals surface area (Å²) in [6, 6.07) is 9.20. The second kappa shape index (κ2) is 7.12. The number of benzene rings is 1. The minimum atomic E-state index is -0.525. The standard InChI is InChI=1S/C12H14N2O3/c1-16-11-5-2-4-10(8-11)9-17-12(15)14-7-3-6-13/h2,4-5,8H,3,7,9H2,1H3,(H,14,15). The van der Waals surface area contributed by atoms with Gasteiger partial charge in [-0.2, -0.15) is 5.26 Å². The Balaban J connectivity index is 2.34. The molecule has 17 heavy (non-hydrogen) atoms. The van der Waals surface area contributed by atoms with E-state index in [1.54, 1.807) is 13.2 Å². The molecule has 1 aromatic rings. The van der Waals surface area contributed by atoms with Crippen molar-refractivity contribution in [2.24, 2.45) is 0 Å². The third-order valence-corrected chi connectivity index (χ3v) is 2.01. The number of ether oxygens (including phenoxy) is 2. The Morgan fingerprint density at radius 2 is 2.35 bits per heavy atom. The van der Waals surface area contributed by atoms with E-state index in [4.69, 9.17) is 14.7 Å². The molecule has 0 fully saturated rings. The SMILES string of the molecule is COc1cccc(COC(=O)NCCC#N)c1. The second-order valence-electron chi connectivity index (χ2n) is 3.26.